The van der Waals surface area contributed by atoms with Crippen LogP contribution in [0.1, 0.15) is 20.3 Å². The summed E-state index contributed by atoms with van der Waals surface area (Å²) in [6, 6.07) is 0. The first-order valence-electron chi connectivity index (χ1n) is 5.39. The van der Waals surface area contributed by atoms with Gasteiger partial charge in [-0.1, -0.05) is 6.92 Å². The second-order valence-corrected chi connectivity index (χ2v) is 4.45. The summed E-state index contributed by atoms with van der Waals surface area (Å²) < 4.78 is 2.87. The number of anilines is 1. The number of nitrogens with zero attached hydrogens (tertiary/aromatic N) is 3. The van der Waals surface area contributed by atoms with Gasteiger partial charge < -0.3 is 5.32 Å². The Hall–Kier alpha value is -1.92. The van der Waals surface area contributed by atoms with Gasteiger partial charge in [-0.05, 0) is 0 Å². The zero-order valence-electron chi connectivity index (χ0n) is 10.3. The van der Waals surface area contributed by atoms with Crippen molar-refractivity contribution in [3.05, 3.63) is 25.7 Å². The number of nitrogens with one attached hydrogen (secondary N) is 1. The molecule has 17 heavy (non-hydrogen) atoms. The molecule has 1 aliphatic heterocycles. The van der Waals surface area contributed by atoms with Crippen molar-refractivity contribution in [3.8, 4) is 0 Å². The van der Waals surface area contributed by atoms with Crippen LogP contribution in [-0.4, -0.2) is 19.6 Å². The summed E-state index contributed by atoms with van der Waals surface area (Å²) in [6.45, 7) is 3.54. The predicted octanol–water partition coefficient (Wildman–Crippen LogP) is 0.0461. The monoisotopic (exact) mass is 239 g/mol. The van der Waals surface area contributed by atoms with Crippen molar-refractivity contribution in [2.24, 2.45) is 14.1 Å². The third-order valence-electron chi connectivity index (χ3n) is 3.37. The molecule has 0 fully saturated rings. The topological polar surface area (TPSA) is 76.1 Å². The first kappa shape index (κ1) is 11.6. The third kappa shape index (κ3) is 1.28. The minimum absolute atomic E-state index is 0.000972. The van der Waals surface area contributed by atoms with Crippen LogP contribution in [0.3, 0.4) is 0 Å². The van der Waals surface area contributed by atoms with Crippen LogP contribution in [0.4, 0.5) is 11.5 Å². The summed E-state index contributed by atoms with van der Waals surface area (Å²) in [7, 11) is 2.89. The highest BCUT2D eigenvalue weighted by Gasteiger charge is 2.52. The Morgan fingerprint density at radius 3 is 2.41 bits per heavy atom. The lowest BCUT2D eigenvalue weighted by Crippen LogP contribution is -2.38. The molecule has 1 unspecified atom stereocenters. The molecule has 1 aromatic heterocycles. The molecule has 0 spiro atoms. The Morgan fingerprint density at radius 1 is 1.29 bits per heavy atom. The van der Waals surface area contributed by atoms with Gasteiger partial charge in [0.15, 0.2) is 5.82 Å². The summed E-state index contributed by atoms with van der Waals surface area (Å²) in [5.74, 6) is 0.289. The van der Waals surface area contributed by atoms with Crippen LogP contribution in [0.2, 0.25) is 0 Å². The second kappa shape index (κ2) is 3.28. The highest BCUT2D eigenvalue weighted by molar-refractivity contribution is 5.59. The quantitative estimate of drug-likeness (QED) is 0.702. The molecule has 0 bridgehead atoms. The standard InChI is InChI=1S/C10H14N4O3/c1-5-10(2)11-7-6(14(10)17)8(15)13(4)9(16)12(7)3/h5H2,1-4H3/p+1. The summed E-state index contributed by atoms with van der Waals surface area (Å²) in [6.07, 6.45) is 0.516. The van der Waals surface area contributed by atoms with E-state index < -0.39 is 16.9 Å². The molecule has 92 valence electrons. The molecule has 2 rings (SSSR count). The van der Waals surface area contributed by atoms with E-state index in [4.69, 9.17) is 0 Å². The van der Waals surface area contributed by atoms with E-state index in [2.05, 4.69) is 5.32 Å². The minimum Gasteiger partial charge on any atom is -0.302 e. The lowest BCUT2D eigenvalue weighted by Gasteiger charge is -2.12. The summed E-state index contributed by atoms with van der Waals surface area (Å²) >= 11 is 0. The maximum absolute atomic E-state index is 12.1. The Labute approximate surface area is 97.3 Å². The van der Waals surface area contributed by atoms with E-state index in [0.29, 0.717) is 11.2 Å². The molecule has 2 heterocycles. The Kier molecular flexibility index (Phi) is 2.23. The predicted molar refractivity (Wildman–Crippen MR) is 62.5 cm³/mol. The van der Waals surface area contributed by atoms with Crippen LogP contribution in [0, 0.1) is 4.91 Å². The van der Waals surface area contributed by atoms with Gasteiger partial charge in [-0.25, -0.2) is 4.79 Å². The summed E-state index contributed by atoms with van der Waals surface area (Å²) in [4.78, 5) is 35.7. The van der Waals surface area contributed by atoms with Crippen molar-refractivity contribution >= 4 is 11.5 Å². The average Bonchev–Trinajstić information content (AvgIpc) is 2.58. The van der Waals surface area contributed by atoms with Crippen molar-refractivity contribution in [1.29, 1.82) is 0 Å². The maximum atomic E-state index is 12.1. The van der Waals surface area contributed by atoms with Gasteiger partial charge in [-0.2, -0.15) is 0 Å². The van der Waals surface area contributed by atoms with Crippen LogP contribution >= 0.6 is 0 Å². The van der Waals surface area contributed by atoms with Crippen molar-refractivity contribution in [2.75, 3.05) is 5.32 Å². The van der Waals surface area contributed by atoms with Crippen molar-refractivity contribution in [3.63, 3.8) is 0 Å². The van der Waals surface area contributed by atoms with Gasteiger partial charge in [-0.15, -0.1) is 0 Å². The second-order valence-electron chi connectivity index (χ2n) is 4.45. The van der Waals surface area contributed by atoms with Gasteiger partial charge in [-0.3, -0.25) is 13.9 Å². The molecule has 1 aliphatic rings. The maximum Gasteiger partial charge on any atom is 0.364 e. The van der Waals surface area contributed by atoms with E-state index in [0.717, 1.165) is 4.57 Å². The van der Waals surface area contributed by atoms with Crippen molar-refractivity contribution in [1.82, 2.24) is 9.13 Å². The molecule has 0 aliphatic carbocycles. The van der Waals surface area contributed by atoms with Gasteiger partial charge >= 0.3 is 16.9 Å². The van der Waals surface area contributed by atoms with Crippen LogP contribution in [-0.2, 0) is 14.1 Å². The molecule has 0 radical (unpaired) electrons. The zero-order chi connectivity index (χ0) is 13.0. The first-order chi connectivity index (χ1) is 7.83. The van der Waals surface area contributed by atoms with Crippen molar-refractivity contribution < 1.29 is 4.76 Å². The Morgan fingerprint density at radius 2 is 1.88 bits per heavy atom. The molecule has 0 amide bonds. The molecule has 0 saturated heterocycles. The molecule has 7 heteroatoms. The summed E-state index contributed by atoms with van der Waals surface area (Å²) in [5.41, 5.74) is -1.89. The van der Waals surface area contributed by atoms with Gasteiger partial charge in [0.2, 0.25) is 0 Å². The normalized spacial score (nSPS) is 22.5. The van der Waals surface area contributed by atoms with E-state index >= 15 is 0 Å². The van der Waals surface area contributed by atoms with Crippen LogP contribution in [0.25, 0.3) is 0 Å². The lowest BCUT2D eigenvalue weighted by molar-refractivity contribution is -0.533. The fraction of sp³-hybridized carbons (Fsp3) is 0.600. The van der Waals surface area contributed by atoms with E-state index in [1.54, 1.807) is 6.92 Å². The van der Waals surface area contributed by atoms with E-state index in [9.17, 15) is 14.5 Å². The largest absolute Gasteiger partial charge is 0.364 e. The SMILES string of the molecule is CCC1(C)Nc2c(c(=O)n(C)c(=O)n2C)[N+]1=O. The number of aromatic nitrogens is 2. The molecular formula is C10H15N4O3+. The van der Waals surface area contributed by atoms with E-state index in [1.165, 1.54) is 18.7 Å². The molecule has 7 nitrogen and oxygen atoms in total. The highest BCUT2D eigenvalue weighted by atomic mass is 16.3. The summed E-state index contributed by atoms with van der Waals surface area (Å²) in [5, 5.41) is 2.95. The van der Waals surface area contributed by atoms with Crippen molar-refractivity contribution in [2.45, 2.75) is 25.9 Å². The number of rotatable bonds is 1. The van der Waals surface area contributed by atoms with Gasteiger partial charge in [0.25, 0.3) is 5.66 Å². The highest BCUT2D eigenvalue weighted by Crippen LogP contribution is 2.35. The fourth-order valence-electron chi connectivity index (χ4n) is 1.94. The molecule has 0 saturated carbocycles. The number of nitroso groups, excluding NO2 is 1. The minimum atomic E-state index is -0.875. The number of hydrogen-bond donors (Lipinski definition) is 1. The fourth-order valence-corrected chi connectivity index (χ4v) is 1.94. The van der Waals surface area contributed by atoms with E-state index in [-0.39, 0.29) is 11.5 Å². The molecule has 1 N–H and O–H groups in total. The Bertz CT molecular complexity index is 628. The number of hydrogen-bond acceptors (Lipinski definition) is 4. The third-order valence-corrected chi connectivity index (χ3v) is 3.37. The van der Waals surface area contributed by atoms with Gasteiger partial charge in [0, 0.05) is 32.3 Å². The van der Waals surface area contributed by atoms with Gasteiger partial charge in [0.1, 0.15) is 0 Å². The molecule has 1 aromatic rings. The molecule has 0 aromatic carbocycles. The van der Waals surface area contributed by atoms with E-state index in [1.807, 2.05) is 6.92 Å². The lowest BCUT2D eigenvalue weighted by atomic mass is 10.1. The van der Waals surface area contributed by atoms with Crippen LogP contribution < -0.4 is 16.6 Å². The zero-order valence-corrected chi connectivity index (χ0v) is 10.3. The Balaban J connectivity index is 2.86. The molecule has 1 atom stereocenters. The van der Waals surface area contributed by atoms with Gasteiger partial charge in [0.05, 0.1) is 4.76 Å². The van der Waals surface area contributed by atoms with Crippen LogP contribution in [0.5, 0.6) is 0 Å². The van der Waals surface area contributed by atoms with Crippen LogP contribution in [0.15, 0.2) is 9.59 Å². The first-order valence-corrected chi connectivity index (χ1v) is 5.39. The number of fused-ring (bicyclic) bond motifs is 1. The average molecular weight is 239 g/mol. The smallest absolute Gasteiger partial charge is 0.302 e. The molecular weight excluding hydrogens is 224 g/mol.